The van der Waals surface area contributed by atoms with Gasteiger partial charge in [0.1, 0.15) is 18.0 Å². The second-order valence-corrected chi connectivity index (χ2v) is 10.9. The van der Waals surface area contributed by atoms with E-state index in [2.05, 4.69) is 38.1 Å². The molecule has 9 nitrogen and oxygen atoms in total. The maximum atomic E-state index is 13.7. The molecule has 12 heteroatoms. The summed E-state index contributed by atoms with van der Waals surface area (Å²) in [5, 5.41) is 9.37. The average Bonchev–Trinajstić information content (AvgIpc) is 3.81. The highest BCUT2D eigenvalue weighted by molar-refractivity contribution is 5.77. The molecule has 1 unspecified atom stereocenters. The van der Waals surface area contributed by atoms with Crippen molar-refractivity contribution < 1.29 is 27.4 Å². The maximum absolute atomic E-state index is 13.7. The van der Waals surface area contributed by atoms with Crippen LogP contribution >= 0.6 is 0 Å². The summed E-state index contributed by atoms with van der Waals surface area (Å²) in [6.07, 6.45) is 2.86. The lowest BCUT2D eigenvalue weighted by Crippen LogP contribution is -2.38. The largest absolute Gasteiger partial charge is 0.421 e. The number of morpholine rings is 1. The molecule has 224 valence electrons. The van der Waals surface area contributed by atoms with Gasteiger partial charge in [0, 0.05) is 51.2 Å². The first kappa shape index (κ1) is 29.5. The zero-order valence-electron chi connectivity index (χ0n) is 23.3. The lowest BCUT2D eigenvalue weighted by Gasteiger charge is -2.23. The molecule has 1 amide bonds. The molecule has 0 radical (unpaired) electrons. The second kappa shape index (κ2) is 13.8. The Balaban J connectivity index is 1.22. The first-order valence-corrected chi connectivity index (χ1v) is 14.6. The smallest absolute Gasteiger partial charge is 0.376 e. The van der Waals surface area contributed by atoms with Gasteiger partial charge in [0.15, 0.2) is 0 Å². The van der Waals surface area contributed by atoms with Crippen molar-refractivity contribution in [3.8, 4) is 0 Å². The van der Waals surface area contributed by atoms with Crippen molar-refractivity contribution in [2.45, 2.75) is 63.1 Å². The van der Waals surface area contributed by atoms with E-state index >= 15 is 0 Å². The fourth-order valence-electron chi connectivity index (χ4n) is 5.30. The predicted molar refractivity (Wildman–Crippen MR) is 149 cm³/mol. The Kier molecular flexibility index (Phi) is 9.94. The fourth-order valence-corrected chi connectivity index (χ4v) is 5.30. The first-order chi connectivity index (χ1) is 19.9. The molecule has 1 aromatic heterocycles. The Morgan fingerprint density at radius 2 is 2.05 bits per heavy atom. The van der Waals surface area contributed by atoms with E-state index in [4.69, 9.17) is 9.47 Å². The standard InChI is InChI=1S/C29H39F3N6O3/c30-29(31,32)24-18-35-28(37-27(24)34-10-2-12-38-13-3-14-40-19-26(38)39)36-25-9-6-20(16-23(25)21-7-8-21)4-1-5-22-17-33-11-15-41-22/h6,9,16,18,21-22,33H,1-5,7-8,10-15,17,19H2,(H2,34,35,36,37). The van der Waals surface area contributed by atoms with Crippen LogP contribution in [-0.2, 0) is 26.9 Å². The van der Waals surface area contributed by atoms with Crippen LogP contribution in [0.1, 0.15) is 61.1 Å². The molecule has 0 spiro atoms. The second-order valence-electron chi connectivity index (χ2n) is 10.9. The van der Waals surface area contributed by atoms with Crippen LogP contribution < -0.4 is 16.0 Å². The Morgan fingerprint density at radius 1 is 1.17 bits per heavy atom. The van der Waals surface area contributed by atoms with E-state index in [0.29, 0.717) is 32.0 Å². The van der Waals surface area contributed by atoms with Gasteiger partial charge in [-0.05, 0) is 68.1 Å². The molecule has 2 aromatic rings. The van der Waals surface area contributed by atoms with Crippen LogP contribution in [0.3, 0.4) is 0 Å². The van der Waals surface area contributed by atoms with Gasteiger partial charge in [-0.1, -0.05) is 12.1 Å². The number of alkyl halides is 3. The topological polar surface area (TPSA) is 101 Å². The Labute approximate surface area is 238 Å². The number of carbonyl (C=O) groups is 1. The minimum atomic E-state index is -4.60. The fraction of sp³-hybridized carbons (Fsp3) is 0.621. The van der Waals surface area contributed by atoms with Gasteiger partial charge >= 0.3 is 6.18 Å². The van der Waals surface area contributed by atoms with E-state index < -0.39 is 11.7 Å². The van der Waals surface area contributed by atoms with E-state index in [0.717, 1.165) is 75.7 Å². The molecule has 2 aliphatic heterocycles. The zero-order chi connectivity index (χ0) is 28.7. The number of ether oxygens (including phenoxy) is 2. The third-order valence-electron chi connectivity index (χ3n) is 7.66. The zero-order valence-corrected chi connectivity index (χ0v) is 23.3. The molecule has 0 bridgehead atoms. The summed E-state index contributed by atoms with van der Waals surface area (Å²) in [4.78, 5) is 22.0. The number of aryl methyl sites for hydroxylation is 1. The number of rotatable bonds is 12. The number of benzene rings is 1. The van der Waals surface area contributed by atoms with E-state index in [-0.39, 0.29) is 36.9 Å². The van der Waals surface area contributed by atoms with Crippen molar-refractivity contribution in [1.82, 2.24) is 20.2 Å². The quantitative estimate of drug-likeness (QED) is 0.318. The summed E-state index contributed by atoms with van der Waals surface area (Å²) >= 11 is 0. The van der Waals surface area contributed by atoms with Gasteiger partial charge in [0.05, 0.1) is 12.7 Å². The predicted octanol–water partition coefficient (Wildman–Crippen LogP) is 4.48. The minimum Gasteiger partial charge on any atom is -0.376 e. The molecule has 41 heavy (non-hydrogen) atoms. The molecule has 1 saturated carbocycles. The van der Waals surface area contributed by atoms with Gasteiger partial charge < -0.3 is 30.3 Å². The van der Waals surface area contributed by atoms with E-state index in [1.165, 1.54) is 5.56 Å². The summed E-state index contributed by atoms with van der Waals surface area (Å²) in [5.74, 6) is 0.170. The van der Waals surface area contributed by atoms with Crippen molar-refractivity contribution in [3.63, 3.8) is 0 Å². The third kappa shape index (κ3) is 8.52. The van der Waals surface area contributed by atoms with Crippen LogP contribution in [0.5, 0.6) is 0 Å². The molecule has 5 rings (SSSR count). The summed E-state index contributed by atoms with van der Waals surface area (Å²) < 4.78 is 52.2. The van der Waals surface area contributed by atoms with Crippen LogP contribution in [0.2, 0.25) is 0 Å². The summed E-state index contributed by atoms with van der Waals surface area (Å²) in [6.45, 7) is 4.40. The van der Waals surface area contributed by atoms with Gasteiger partial charge in [0.2, 0.25) is 11.9 Å². The number of carbonyl (C=O) groups excluding carboxylic acids is 1. The minimum absolute atomic E-state index is 0.0452. The number of halogens is 3. The van der Waals surface area contributed by atoms with Crippen LogP contribution in [0.15, 0.2) is 24.4 Å². The van der Waals surface area contributed by atoms with Crippen LogP contribution in [-0.4, -0.2) is 79.4 Å². The van der Waals surface area contributed by atoms with Gasteiger partial charge in [-0.15, -0.1) is 0 Å². The molecule has 2 saturated heterocycles. The van der Waals surface area contributed by atoms with Crippen LogP contribution in [0, 0.1) is 0 Å². The molecule has 1 aromatic carbocycles. The highest BCUT2D eigenvalue weighted by Gasteiger charge is 2.35. The van der Waals surface area contributed by atoms with Gasteiger partial charge in [0.25, 0.3) is 0 Å². The first-order valence-electron chi connectivity index (χ1n) is 14.6. The lowest BCUT2D eigenvalue weighted by atomic mass is 10.00. The average molecular weight is 577 g/mol. The molecule has 3 aliphatic rings. The van der Waals surface area contributed by atoms with Gasteiger partial charge in [-0.2, -0.15) is 18.2 Å². The maximum Gasteiger partial charge on any atom is 0.421 e. The molecule has 1 atom stereocenters. The third-order valence-corrected chi connectivity index (χ3v) is 7.66. The van der Waals surface area contributed by atoms with E-state index in [1.807, 2.05) is 6.07 Å². The lowest BCUT2D eigenvalue weighted by molar-refractivity contribution is -0.137. The van der Waals surface area contributed by atoms with Crippen molar-refractivity contribution in [3.05, 3.63) is 41.1 Å². The van der Waals surface area contributed by atoms with E-state index in [1.54, 1.807) is 4.90 Å². The van der Waals surface area contributed by atoms with E-state index in [9.17, 15) is 18.0 Å². The number of anilines is 3. The summed E-state index contributed by atoms with van der Waals surface area (Å²) in [5.41, 5.74) is 2.30. The Bertz CT molecular complexity index is 1170. The normalized spacial score (nSPS) is 20.1. The molecule has 3 heterocycles. The van der Waals surface area contributed by atoms with Gasteiger partial charge in [-0.3, -0.25) is 4.79 Å². The number of aromatic nitrogens is 2. The SMILES string of the molecule is O=C1COCCCN1CCCNc1nc(Nc2ccc(CCCC3CNCCO3)cc2C2CC2)ncc1C(F)(F)F. The van der Waals surface area contributed by atoms with Crippen LogP contribution in [0.4, 0.5) is 30.6 Å². The van der Waals surface area contributed by atoms with Gasteiger partial charge in [-0.25, -0.2) is 4.98 Å². The molecule has 3 fully saturated rings. The number of hydrogen-bond acceptors (Lipinski definition) is 8. The van der Waals surface area contributed by atoms with Crippen molar-refractivity contribution in [2.75, 3.05) is 63.2 Å². The van der Waals surface area contributed by atoms with Crippen LogP contribution in [0.25, 0.3) is 0 Å². The number of nitrogens with one attached hydrogen (secondary N) is 3. The Hall–Kier alpha value is -2.96. The summed E-state index contributed by atoms with van der Waals surface area (Å²) in [6, 6.07) is 6.25. The van der Waals surface area contributed by atoms with Crippen molar-refractivity contribution in [1.29, 1.82) is 0 Å². The molecule has 1 aliphatic carbocycles. The molecular weight excluding hydrogens is 537 g/mol. The molecule has 3 N–H and O–H groups in total. The Morgan fingerprint density at radius 3 is 2.83 bits per heavy atom. The number of nitrogens with zero attached hydrogens (tertiary/aromatic N) is 3. The van der Waals surface area contributed by atoms with Crippen molar-refractivity contribution in [2.24, 2.45) is 0 Å². The highest BCUT2D eigenvalue weighted by Crippen LogP contribution is 2.44. The van der Waals surface area contributed by atoms with Crippen molar-refractivity contribution >= 4 is 23.4 Å². The monoisotopic (exact) mass is 576 g/mol. The highest BCUT2D eigenvalue weighted by atomic mass is 19.4. The molecular formula is C29H39F3N6O3. The number of amides is 1. The number of hydrogen-bond donors (Lipinski definition) is 3. The summed E-state index contributed by atoms with van der Waals surface area (Å²) in [7, 11) is 0.